The molecule has 6 rings (SSSR count). The fraction of sp³-hybridized carbons (Fsp3) is 0.357. The maximum absolute atomic E-state index is 14.0. The Morgan fingerprint density at radius 2 is 1.42 bits per heavy atom. The molecule has 170 valence electrons. The first kappa shape index (κ1) is 21.7. The van der Waals surface area contributed by atoms with E-state index in [4.69, 9.17) is 0 Å². The number of Topliss-reactive ketones (excluding diaryl/α,β-unsaturated/α-hetero) is 2. The first-order valence-electron chi connectivity index (χ1n) is 11.2. The average molecular weight is 445 g/mol. The summed E-state index contributed by atoms with van der Waals surface area (Å²) < 4.78 is 0. The Bertz CT molecular complexity index is 1220. The van der Waals surface area contributed by atoms with Gasteiger partial charge in [-0.1, -0.05) is 62.8 Å². The number of phenolic OH excluding ortho intramolecular Hbond substituents is 2. The molecule has 0 aromatic heterocycles. The highest BCUT2D eigenvalue weighted by Gasteiger charge is 2.70. The van der Waals surface area contributed by atoms with E-state index in [0.29, 0.717) is 11.1 Å². The van der Waals surface area contributed by atoms with Crippen molar-refractivity contribution in [1.82, 2.24) is 0 Å². The molecule has 2 aromatic carbocycles. The average Bonchev–Trinajstić information content (AvgIpc) is 3.06. The zero-order valence-electron chi connectivity index (χ0n) is 19.2. The first-order chi connectivity index (χ1) is 15.4. The largest absolute Gasteiger partial charge is 0.508 e. The molecule has 0 heterocycles. The van der Waals surface area contributed by atoms with Crippen LogP contribution in [0.3, 0.4) is 0 Å². The van der Waals surface area contributed by atoms with Gasteiger partial charge in [-0.15, -0.1) is 0 Å². The van der Waals surface area contributed by atoms with Crippen molar-refractivity contribution in [3.05, 3.63) is 77.4 Å². The van der Waals surface area contributed by atoms with Crippen molar-refractivity contribution in [2.24, 2.45) is 23.2 Å². The number of aliphatic hydroxyl groups is 1. The van der Waals surface area contributed by atoms with Crippen molar-refractivity contribution < 1.29 is 24.9 Å². The molecule has 0 aliphatic heterocycles. The van der Waals surface area contributed by atoms with Crippen LogP contribution < -0.4 is 0 Å². The lowest BCUT2D eigenvalue weighted by Gasteiger charge is -2.58. The predicted octanol–water partition coefficient (Wildman–Crippen LogP) is 4.17. The molecule has 2 aromatic rings. The number of benzene rings is 2. The van der Waals surface area contributed by atoms with Crippen molar-refractivity contribution in [1.29, 1.82) is 0 Å². The number of carbonyl (C=O) groups excluding carboxylic acids is 2. The molecular weight excluding hydrogens is 416 g/mol. The Morgan fingerprint density at radius 3 is 1.97 bits per heavy atom. The summed E-state index contributed by atoms with van der Waals surface area (Å²) in [4.78, 5) is 27.8. The van der Waals surface area contributed by atoms with Crippen LogP contribution in [-0.4, -0.2) is 32.5 Å². The van der Waals surface area contributed by atoms with Crippen LogP contribution in [0.15, 0.2) is 66.3 Å². The normalized spacial score (nSPS) is 33.1. The molecule has 0 spiro atoms. The van der Waals surface area contributed by atoms with Crippen molar-refractivity contribution in [3.8, 4) is 11.5 Å². The van der Waals surface area contributed by atoms with Crippen molar-refractivity contribution in [3.63, 3.8) is 0 Å². The van der Waals surface area contributed by atoms with Crippen LogP contribution in [0.5, 0.6) is 11.5 Å². The van der Waals surface area contributed by atoms with E-state index in [2.05, 4.69) is 0 Å². The number of allylic oxidation sites excluding steroid dienone is 3. The summed E-state index contributed by atoms with van der Waals surface area (Å²) in [6, 6.07) is 13.2. The maximum Gasteiger partial charge on any atom is 0.173 e. The molecule has 0 amide bonds. The van der Waals surface area contributed by atoms with Crippen LogP contribution in [-0.2, 0) is 15.0 Å². The van der Waals surface area contributed by atoms with Crippen LogP contribution in [0.4, 0.5) is 0 Å². The Kier molecular flexibility index (Phi) is 4.38. The maximum atomic E-state index is 14.0. The second-order valence-corrected chi connectivity index (χ2v) is 10.8. The monoisotopic (exact) mass is 444 g/mol. The standard InChI is InChI=1S/C28H28O5/c1-26(2,3)20-13-21-22-24(31)19(15-5-9-17(29)10-6-15)14-28(22,16-7-11-18(30)12-8-16)23(20)25(32)27(21,4)33/h5-14,21-23,29-30,33H,1-4H3/t21-,22-,23-,27+,28-/m0/s1. The van der Waals surface area contributed by atoms with Gasteiger partial charge in [0.1, 0.15) is 17.1 Å². The van der Waals surface area contributed by atoms with Crippen LogP contribution in [0.1, 0.15) is 38.8 Å². The molecule has 5 atom stereocenters. The summed E-state index contributed by atoms with van der Waals surface area (Å²) in [5, 5.41) is 31.0. The van der Waals surface area contributed by atoms with Crippen LogP contribution >= 0.6 is 0 Å². The molecule has 5 heteroatoms. The van der Waals surface area contributed by atoms with Crippen molar-refractivity contribution >= 4 is 17.1 Å². The lowest BCUT2D eigenvalue weighted by atomic mass is 9.43. The molecule has 3 N–H and O–H groups in total. The van der Waals surface area contributed by atoms with Gasteiger partial charge in [-0.05, 0) is 47.7 Å². The SMILES string of the molecule is CC(C)(C)C1=C[C@H]2[C@H]3C(=O)C(c4ccc(O)cc4)=C[C@@]3(c3ccc(O)cc3)[C@@H]1C(=O)[C@]2(C)O. The Labute approximate surface area is 193 Å². The van der Waals surface area contributed by atoms with Gasteiger partial charge in [0, 0.05) is 22.8 Å². The number of fused-ring (bicyclic) bond motifs is 1. The quantitative estimate of drug-likeness (QED) is 0.605. The molecule has 1 saturated carbocycles. The van der Waals surface area contributed by atoms with Gasteiger partial charge in [-0.2, -0.15) is 0 Å². The van der Waals surface area contributed by atoms with Crippen LogP contribution in [0, 0.1) is 23.2 Å². The molecule has 1 fully saturated rings. The fourth-order valence-electron chi connectivity index (χ4n) is 6.18. The third kappa shape index (κ3) is 2.81. The second-order valence-electron chi connectivity index (χ2n) is 10.8. The van der Waals surface area contributed by atoms with E-state index >= 15 is 0 Å². The highest BCUT2D eigenvalue weighted by molar-refractivity contribution is 6.26. The summed E-state index contributed by atoms with van der Waals surface area (Å²) in [7, 11) is 0. The van der Waals surface area contributed by atoms with Gasteiger partial charge in [-0.25, -0.2) is 0 Å². The molecule has 33 heavy (non-hydrogen) atoms. The zero-order chi connectivity index (χ0) is 23.9. The minimum atomic E-state index is -1.65. The van der Waals surface area contributed by atoms with E-state index in [1.54, 1.807) is 36.4 Å². The number of ketones is 2. The Balaban J connectivity index is 1.84. The summed E-state index contributed by atoms with van der Waals surface area (Å²) >= 11 is 0. The van der Waals surface area contributed by atoms with E-state index < -0.39 is 28.8 Å². The van der Waals surface area contributed by atoms with E-state index in [0.717, 1.165) is 11.1 Å². The van der Waals surface area contributed by atoms with Gasteiger partial charge in [0.05, 0.1) is 5.92 Å². The number of phenols is 2. The summed E-state index contributed by atoms with van der Waals surface area (Å²) in [5.41, 5.74) is -0.142. The lowest BCUT2D eigenvalue weighted by molar-refractivity contribution is -0.161. The fourth-order valence-corrected chi connectivity index (χ4v) is 6.18. The highest BCUT2D eigenvalue weighted by Crippen LogP contribution is 2.65. The van der Waals surface area contributed by atoms with E-state index in [1.165, 1.54) is 19.1 Å². The second kappa shape index (κ2) is 6.67. The Hall–Kier alpha value is -3.18. The molecule has 0 radical (unpaired) electrons. The minimum absolute atomic E-state index is 0.102. The van der Waals surface area contributed by atoms with Crippen LogP contribution in [0.25, 0.3) is 5.57 Å². The van der Waals surface area contributed by atoms with Gasteiger partial charge in [-0.3, -0.25) is 9.59 Å². The third-order valence-electron chi connectivity index (χ3n) is 7.77. The predicted molar refractivity (Wildman–Crippen MR) is 125 cm³/mol. The van der Waals surface area contributed by atoms with Gasteiger partial charge >= 0.3 is 0 Å². The van der Waals surface area contributed by atoms with Gasteiger partial charge in [0.15, 0.2) is 11.6 Å². The highest BCUT2D eigenvalue weighted by atomic mass is 16.3. The number of rotatable bonds is 2. The lowest BCUT2D eigenvalue weighted by Crippen LogP contribution is -2.67. The zero-order valence-corrected chi connectivity index (χ0v) is 19.2. The number of aromatic hydroxyl groups is 2. The molecule has 4 aliphatic carbocycles. The number of carbonyl (C=O) groups is 2. The summed E-state index contributed by atoms with van der Waals surface area (Å²) in [6.07, 6.45) is 3.86. The topological polar surface area (TPSA) is 94.8 Å². The summed E-state index contributed by atoms with van der Waals surface area (Å²) in [5.74, 6) is -2.26. The van der Waals surface area contributed by atoms with Gasteiger partial charge < -0.3 is 15.3 Å². The summed E-state index contributed by atoms with van der Waals surface area (Å²) in [6.45, 7) is 7.66. The van der Waals surface area contributed by atoms with Gasteiger partial charge in [0.2, 0.25) is 0 Å². The van der Waals surface area contributed by atoms with Gasteiger partial charge in [0.25, 0.3) is 0 Å². The number of hydrogen-bond acceptors (Lipinski definition) is 5. The van der Waals surface area contributed by atoms with E-state index in [-0.39, 0.29) is 28.5 Å². The van der Waals surface area contributed by atoms with E-state index in [1.807, 2.05) is 32.9 Å². The molecule has 0 unspecified atom stereocenters. The Morgan fingerprint density at radius 1 is 0.879 bits per heavy atom. The van der Waals surface area contributed by atoms with E-state index in [9.17, 15) is 24.9 Å². The van der Waals surface area contributed by atoms with Crippen molar-refractivity contribution in [2.45, 2.75) is 38.7 Å². The third-order valence-corrected chi connectivity index (χ3v) is 7.77. The molecule has 5 nitrogen and oxygen atoms in total. The minimum Gasteiger partial charge on any atom is -0.508 e. The molecule has 2 bridgehead atoms. The smallest absolute Gasteiger partial charge is 0.173 e. The molecule has 4 aliphatic rings. The van der Waals surface area contributed by atoms with Crippen LogP contribution in [0.2, 0.25) is 0 Å². The first-order valence-corrected chi connectivity index (χ1v) is 11.2. The number of hydrogen-bond donors (Lipinski definition) is 3. The van der Waals surface area contributed by atoms with Crippen molar-refractivity contribution in [2.75, 3.05) is 0 Å². The molecule has 0 saturated heterocycles. The molecular formula is C28H28O5.